The summed E-state index contributed by atoms with van der Waals surface area (Å²) in [7, 11) is 0. The number of nitriles is 1. The Kier molecular flexibility index (Phi) is 3.77. The zero-order chi connectivity index (χ0) is 17.6. The van der Waals surface area contributed by atoms with Gasteiger partial charge in [-0.15, -0.1) is 0 Å². The summed E-state index contributed by atoms with van der Waals surface area (Å²) in [6.07, 6.45) is 2.72. The Hall–Kier alpha value is -2.72. The molecule has 4 rings (SSSR count). The summed E-state index contributed by atoms with van der Waals surface area (Å²) >= 11 is 6.30. The standard InChI is InChI=1S/C17H13ClFN5O/c18-16-13-8-21-24(12-5-10(6-12)7-20)17(25)15(13)22-23(16)9-11-3-1-2-4-14(11)19/h1-4,8,10,12H,5-6,9H2/t10-,12-. The van der Waals surface area contributed by atoms with Gasteiger partial charge in [0.1, 0.15) is 11.0 Å². The molecule has 0 amide bonds. The molecule has 0 atom stereocenters. The highest BCUT2D eigenvalue weighted by atomic mass is 35.5. The first-order valence-electron chi connectivity index (χ1n) is 7.85. The summed E-state index contributed by atoms with van der Waals surface area (Å²) in [4.78, 5) is 12.7. The van der Waals surface area contributed by atoms with E-state index in [0.717, 1.165) is 0 Å². The number of fused-ring (bicyclic) bond motifs is 1. The van der Waals surface area contributed by atoms with Crippen molar-refractivity contribution < 1.29 is 4.39 Å². The minimum Gasteiger partial charge on any atom is -0.265 e. The third kappa shape index (κ3) is 2.59. The van der Waals surface area contributed by atoms with Gasteiger partial charge in [0.25, 0.3) is 5.56 Å². The number of nitrogens with zero attached hydrogens (tertiary/aromatic N) is 5. The van der Waals surface area contributed by atoms with E-state index in [2.05, 4.69) is 16.3 Å². The lowest BCUT2D eigenvalue weighted by atomic mass is 9.81. The van der Waals surface area contributed by atoms with E-state index in [1.165, 1.54) is 21.6 Å². The predicted molar refractivity (Wildman–Crippen MR) is 89.7 cm³/mol. The van der Waals surface area contributed by atoms with E-state index in [-0.39, 0.29) is 40.6 Å². The molecular formula is C17H13ClFN5O. The maximum Gasteiger partial charge on any atom is 0.295 e. The van der Waals surface area contributed by atoms with Crippen LogP contribution in [0.2, 0.25) is 5.15 Å². The Balaban J connectivity index is 1.73. The van der Waals surface area contributed by atoms with E-state index in [9.17, 15) is 9.18 Å². The number of benzene rings is 1. The molecule has 3 aromatic rings. The first-order valence-corrected chi connectivity index (χ1v) is 8.23. The van der Waals surface area contributed by atoms with Crippen LogP contribution in [0.15, 0.2) is 35.3 Å². The molecule has 1 aliphatic carbocycles. The average Bonchev–Trinajstić information content (AvgIpc) is 2.88. The van der Waals surface area contributed by atoms with Crippen LogP contribution in [0.25, 0.3) is 10.9 Å². The maximum absolute atomic E-state index is 13.8. The summed E-state index contributed by atoms with van der Waals surface area (Å²) in [5, 5.41) is 18.0. The van der Waals surface area contributed by atoms with Crippen LogP contribution in [-0.4, -0.2) is 19.6 Å². The van der Waals surface area contributed by atoms with Crippen molar-refractivity contribution in [1.29, 1.82) is 5.26 Å². The van der Waals surface area contributed by atoms with Gasteiger partial charge in [-0.25, -0.2) is 13.8 Å². The average molecular weight is 358 g/mol. The van der Waals surface area contributed by atoms with Crippen molar-refractivity contribution in [2.75, 3.05) is 0 Å². The first-order chi connectivity index (χ1) is 12.1. The second-order valence-corrected chi connectivity index (χ2v) is 6.51. The molecule has 2 aromatic heterocycles. The summed E-state index contributed by atoms with van der Waals surface area (Å²) < 4.78 is 16.6. The monoisotopic (exact) mass is 357 g/mol. The summed E-state index contributed by atoms with van der Waals surface area (Å²) in [5.41, 5.74) is 0.297. The van der Waals surface area contributed by atoms with Crippen molar-refractivity contribution >= 4 is 22.5 Å². The highest BCUT2D eigenvalue weighted by molar-refractivity contribution is 6.34. The molecule has 0 bridgehead atoms. The molecule has 0 saturated heterocycles. The Morgan fingerprint density at radius 1 is 1.36 bits per heavy atom. The Morgan fingerprint density at radius 2 is 2.12 bits per heavy atom. The van der Waals surface area contributed by atoms with Crippen molar-refractivity contribution in [1.82, 2.24) is 19.6 Å². The van der Waals surface area contributed by atoms with Crippen LogP contribution in [-0.2, 0) is 6.54 Å². The molecule has 8 heteroatoms. The van der Waals surface area contributed by atoms with Gasteiger partial charge >= 0.3 is 0 Å². The van der Waals surface area contributed by atoms with Crippen LogP contribution < -0.4 is 5.56 Å². The zero-order valence-electron chi connectivity index (χ0n) is 13.1. The fourth-order valence-corrected chi connectivity index (χ4v) is 3.29. The highest BCUT2D eigenvalue weighted by Gasteiger charge is 2.32. The molecule has 1 fully saturated rings. The van der Waals surface area contributed by atoms with E-state index in [1.807, 2.05) is 0 Å². The van der Waals surface area contributed by atoms with Crippen LogP contribution in [0.5, 0.6) is 0 Å². The molecule has 1 aromatic carbocycles. The molecule has 1 aliphatic rings. The Morgan fingerprint density at radius 3 is 2.84 bits per heavy atom. The summed E-state index contributed by atoms with van der Waals surface area (Å²) in [6.45, 7) is 0.125. The van der Waals surface area contributed by atoms with Crippen molar-refractivity contribution in [3.63, 3.8) is 0 Å². The van der Waals surface area contributed by atoms with Crippen LogP contribution in [0.3, 0.4) is 0 Å². The number of aromatic nitrogens is 4. The molecule has 126 valence electrons. The van der Waals surface area contributed by atoms with Gasteiger partial charge in [-0.2, -0.15) is 15.5 Å². The quantitative estimate of drug-likeness (QED) is 0.722. The molecule has 2 heterocycles. The number of hydrogen-bond donors (Lipinski definition) is 0. The van der Waals surface area contributed by atoms with Gasteiger partial charge < -0.3 is 0 Å². The van der Waals surface area contributed by atoms with Crippen molar-refractivity contribution in [3.8, 4) is 6.07 Å². The van der Waals surface area contributed by atoms with E-state index in [0.29, 0.717) is 23.8 Å². The molecular weight excluding hydrogens is 345 g/mol. The predicted octanol–water partition coefficient (Wildman–Crippen LogP) is 2.91. The van der Waals surface area contributed by atoms with Gasteiger partial charge in [-0.3, -0.25) is 4.79 Å². The SMILES string of the molecule is N#C[C@H]1C[C@H](n2ncc3c(Cl)n(Cc4ccccc4F)nc3c2=O)C1. The molecule has 25 heavy (non-hydrogen) atoms. The largest absolute Gasteiger partial charge is 0.295 e. The third-order valence-corrected chi connectivity index (χ3v) is 4.96. The van der Waals surface area contributed by atoms with Gasteiger partial charge in [0, 0.05) is 5.56 Å². The summed E-state index contributed by atoms with van der Waals surface area (Å²) in [6, 6.07) is 8.44. The first kappa shape index (κ1) is 15.8. The van der Waals surface area contributed by atoms with E-state index >= 15 is 0 Å². The molecule has 0 radical (unpaired) electrons. The highest BCUT2D eigenvalue weighted by Crippen LogP contribution is 2.36. The normalized spacial score (nSPS) is 19.6. The van der Waals surface area contributed by atoms with E-state index < -0.39 is 0 Å². The van der Waals surface area contributed by atoms with Gasteiger partial charge in [0.15, 0.2) is 5.52 Å². The van der Waals surface area contributed by atoms with Crippen LogP contribution in [0.1, 0.15) is 24.4 Å². The van der Waals surface area contributed by atoms with Crippen molar-refractivity contribution in [2.24, 2.45) is 5.92 Å². The summed E-state index contributed by atoms with van der Waals surface area (Å²) in [5.74, 6) is -0.387. The lowest BCUT2D eigenvalue weighted by molar-refractivity contribution is 0.223. The van der Waals surface area contributed by atoms with Crippen LogP contribution in [0.4, 0.5) is 4.39 Å². The minimum absolute atomic E-state index is 0.0309. The molecule has 1 saturated carbocycles. The molecule has 0 N–H and O–H groups in total. The van der Waals surface area contributed by atoms with Crippen LogP contribution in [0, 0.1) is 23.1 Å². The number of hydrogen-bond acceptors (Lipinski definition) is 4. The molecule has 0 unspecified atom stereocenters. The van der Waals surface area contributed by atoms with E-state index in [4.69, 9.17) is 16.9 Å². The van der Waals surface area contributed by atoms with Crippen LogP contribution >= 0.6 is 11.6 Å². The number of rotatable bonds is 3. The van der Waals surface area contributed by atoms with Gasteiger partial charge in [0.05, 0.1) is 36.2 Å². The van der Waals surface area contributed by atoms with Crippen molar-refractivity contribution in [2.45, 2.75) is 25.4 Å². The van der Waals surface area contributed by atoms with Gasteiger partial charge in [-0.05, 0) is 18.9 Å². The second-order valence-electron chi connectivity index (χ2n) is 6.15. The van der Waals surface area contributed by atoms with E-state index in [1.54, 1.807) is 18.2 Å². The lowest BCUT2D eigenvalue weighted by Gasteiger charge is -2.30. The lowest BCUT2D eigenvalue weighted by Crippen LogP contribution is -2.35. The topological polar surface area (TPSA) is 76.5 Å². The minimum atomic E-state index is -0.356. The number of halogens is 2. The third-order valence-electron chi connectivity index (χ3n) is 4.57. The molecule has 6 nitrogen and oxygen atoms in total. The second kappa shape index (κ2) is 5.97. The van der Waals surface area contributed by atoms with Crippen molar-refractivity contribution in [3.05, 3.63) is 57.3 Å². The Bertz CT molecular complexity index is 1060. The molecule has 0 aliphatic heterocycles. The molecule has 0 spiro atoms. The Labute approximate surface area is 147 Å². The fourth-order valence-electron chi connectivity index (χ4n) is 3.05. The van der Waals surface area contributed by atoms with Gasteiger partial charge in [-0.1, -0.05) is 29.8 Å². The van der Waals surface area contributed by atoms with Gasteiger partial charge in [0.2, 0.25) is 0 Å². The smallest absolute Gasteiger partial charge is 0.265 e. The zero-order valence-corrected chi connectivity index (χ0v) is 13.8. The maximum atomic E-state index is 13.8. The fraction of sp³-hybridized carbons (Fsp3) is 0.294.